The fraction of sp³-hybridized carbons (Fsp3) is 0.529. The predicted molar refractivity (Wildman–Crippen MR) is 83.2 cm³/mol. The van der Waals surface area contributed by atoms with Gasteiger partial charge in [0, 0.05) is 35.0 Å². The molecule has 4 fully saturated rings. The number of benzene rings is 1. The Morgan fingerprint density at radius 2 is 1.64 bits per heavy atom. The molecule has 1 aromatic carbocycles. The molecule has 2 saturated heterocycles. The van der Waals surface area contributed by atoms with Crippen molar-refractivity contribution in [3.05, 3.63) is 35.4 Å². The minimum absolute atomic E-state index is 0.00384. The Morgan fingerprint density at radius 3 is 2.14 bits per heavy atom. The van der Waals surface area contributed by atoms with Gasteiger partial charge in [-0.25, -0.2) is 4.79 Å². The molecule has 6 atom stereocenters. The molecular weight excluding hydrogens is 300 g/mol. The van der Waals surface area contributed by atoms with Gasteiger partial charge in [0.05, 0.1) is 11.7 Å². The van der Waals surface area contributed by atoms with E-state index in [1.54, 1.807) is 31.4 Å². The Hall–Kier alpha value is -1.33. The lowest BCUT2D eigenvalue weighted by Crippen LogP contribution is -2.37. The average Bonchev–Trinajstić information content (AvgIpc) is 3.23. The van der Waals surface area contributed by atoms with E-state index >= 15 is 0 Å². The van der Waals surface area contributed by atoms with E-state index in [0.29, 0.717) is 39.6 Å². The van der Waals surface area contributed by atoms with Gasteiger partial charge in [0.15, 0.2) is 5.78 Å². The van der Waals surface area contributed by atoms with Gasteiger partial charge in [0.25, 0.3) is 0 Å². The fourth-order valence-corrected chi connectivity index (χ4v) is 6.41. The zero-order valence-electron chi connectivity index (χ0n) is 12.5. The van der Waals surface area contributed by atoms with Crippen LogP contribution in [0.5, 0.6) is 0 Å². The van der Waals surface area contributed by atoms with Gasteiger partial charge in [-0.1, -0.05) is 12.1 Å². The highest BCUT2D eigenvalue weighted by atomic mass is 32.2. The molecule has 0 spiro atoms. The van der Waals surface area contributed by atoms with Gasteiger partial charge in [-0.15, -0.1) is 11.8 Å². The van der Waals surface area contributed by atoms with Crippen molar-refractivity contribution in [1.29, 1.82) is 0 Å². The molecule has 0 amide bonds. The highest BCUT2D eigenvalue weighted by Crippen LogP contribution is 2.64. The van der Waals surface area contributed by atoms with E-state index in [9.17, 15) is 9.59 Å². The van der Waals surface area contributed by atoms with Crippen LogP contribution in [-0.2, 0) is 9.47 Å². The molecule has 4 nitrogen and oxygen atoms in total. The summed E-state index contributed by atoms with van der Waals surface area (Å²) in [6.45, 7) is 1.51. The molecule has 22 heavy (non-hydrogen) atoms. The molecule has 2 saturated carbocycles. The van der Waals surface area contributed by atoms with Crippen LogP contribution in [0.25, 0.3) is 0 Å². The highest BCUT2D eigenvalue weighted by molar-refractivity contribution is 8.01. The number of thioether (sulfide) groups is 1. The van der Waals surface area contributed by atoms with Gasteiger partial charge >= 0.3 is 5.97 Å². The lowest BCUT2D eigenvalue weighted by molar-refractivity contribution is 0.00405. The van der Waals surface area contributed by atoms with Gasteiger partial charge in [0.1, 0.15) is 6.10 Å². The number of hydrogen-bond acceptors (Lipinski definition) is 5. The number of carbonyl (C=O) groups excluding carboxylic acids is 2. The number of hydrogen-bond donors (Lipinski definition) is 0. The lowest BCUT2D eigenvalue weighted by atomic mass is 9.95. The molecular formula is C17H18O4S. The standard InChI is InChI=1S/C17H18O4S/c1-8(18)9-3-5-10(6-4-9)17(19)21-14-12-7-11-13(20-2)15(12)22-16(11)14/h3-6,11-16H,7H2,1-2H3/t11-,12-,13?,14?,15?,16?/m1/s1. The zero-order chi connectivity index (χ0) is 15.4. The molecule has 5 heteroatoms. The summed E-state index contributed by atoms with van der Waals surface area (Å²) in [6, 6.07) is 6.69. The smallest absolute Gasteiger partial charge is 0.338 e. The summed E-state index contributed by atoms with van der Waals surface area (Å²) in [4.78, 5) is 23.6. The maximum Gasteiger partial charge on any atom is 0.338 e. The van der Waals surface area contributed by atoms with Gasteiger partial charge in [0.2, 0.25) is 0 Å². The van der Waals surface area contributed by atoms with E-state index < -0.39 is 0 Å². The first-order valence-electron chi connectivity index (χ1n) is 7.60. The first-order valence-corrected chi connectivity index (χ1v) is 8.54. The zero-order valence-corrected chi connectivity index (χ0v) is 13.3. The Morgan fingerprint density at radius 1 is 1.05 bits per heavy atom. The third-order valence-corrected chi connectivity index (χ3v) is 7.10. The topological polar surface area (TPSA) is 52.6 Å². The Labute approximate surface area is 133 Å². The lowest BCUT2D eigenvalue weighted by Gasteiger charge is -2.25. The number of methoxy groups -OCH3 is 1. The van der Waals surface area contributed by atoms with Crippen LogP contribution in [0.3, 0.4) is 0 Å². The third-order valence-electron chi connectivity index (χ3n) is 5.24. The Balaban J connectivity index is 1.45. The van der Waals surface area contributed by atoms with Crippen molar-refractivity contribution in [1.82, 2.24) is 0 Å². The summed E-state index contributed by atoms with van der Waals surface area (Å²) in [5, 5.41) is 0.873. The van der Waals surface area contributed by atoms with Crippen LogP contribution < -0.4 is 0 Å². The molecule has 4 unspecified atom stereocenters. The minimum atomic E-state index is -0.284. The van der Waals surface area contributed by atoms with E-state index in [1.165, 1.54) is 6.92 Å². The summed E-state index contributed by atoms with van der Waals surface area (Å²) in [7, 11) is 1.78. The number of Topliss-reactive ketones (excluding diaryl/α,β-unsaturated/α-hetero) is 1. The molecule has 0 N–H and O–H groups in total. The number of ether oxygens (including phenoxy) is 2. The quantitative estimate of drug-likeness (QED) is 0.631. The summed E-state index contributed by atoms with van der Waals surface area (Å²) < 4.78 is 11.4. The van der Waals surface area contributed by atoms with Gasteiger partial charge in [-0.3, -0.25) is 4.79 Å². The monoisotopic (exact) mass is 318 g/mol. The average molecular weight is 318 g/mol. The molecule has 2 aliphatic carbocycles. The second kappa shape index (κ2) is 5.10. The first-order chi connectivity index (χ1) is 10.6. The second-order valence-electron chi connectivity index (χ2n) is 6.33. The van der Waals surface area contributed by atoms with Crippen LogP contribution >= 0.6 is 11.8 Å². The van der Waals surface area contributed by atoms with Crippen molar-refractivity contribution in [2.24, 2.45) is 11.8 Å². The second-order valence-corrected chi connectivity index (χ2v) is 7.69. The van der Waals surface area contributed by atoms with Crippen LogP contribution in [-0.4, -0.2) is 41.6 Å². The normalized spacial score (nSPS) is 37.7. The first kappa shape index (κ1) is 14.3. The van der Waals surface area contributed by atoms with Crippen molar-refractivity contribution >= 4 is 23.5 Å². The molecule has 0 radical (unpaired) electrons. The molecule has 0 aromatic heterocycles. The molecule has 4 aliphatic rings. The summed E-state index contributed by atoms with van der Waals surface area (Å²) in [6.07, 6.45) is 1.47. The molecule has 116 valence electrons. The maximum atomic E-state index is 12.3. The Kier molecular flexibility index (Phi) is 3.31. The fourth-order valence-electron chi connectivity index (χ4n) is 4.23. The predicted octanol–water partition coefficient (Wildman–Crippen LogP) is 2.56. The minimum Gasteiger partial charge on any atom is -0.457 e. The van der Waals surface area contributed by atoms with Gasteiger partial charge < -0.3 is 9.47 Å². The molecule has 2 aliphatic heterocycles. The van der Waals surface area contributed by atoms with Crippen LogP contribution in [0.2, 0.25) is 0 Å². The molecule has 2 heterocycles. The summed E-state index contributed by atoms with van der Waals surface area (Å²) in [5.41, 5.74) is 1.12. The number of esters is 1. The summed E-state index contributed by atoms with van der Waals surface area (Å²) >= 11 is 1.93. The third kappa shape index (κ3) is 1.95. The van der Waals surface area contributed by atoms with Crippen LogP contribution in [0.1, 0.15) is 34.1 Å². The van der Waals surface area contributed by atoms with Crippen LogP contribution in [0.15, 0.2) is 24.3 Å². The van der Waals surface area contributed by atoms with Crippen molar-refractivity contribution in [2.75, 3.05) is 7.11 Å². The SMILES string of the molecule is COC1C2SC3C(OC(=O)c4ccc(C(C)=O)cc4)[C@H]2C[C@H]13. The van der Waals surface area contributed by atoms with Crippen molar-refractivity contribution in [2.45, 2.75) is 36.1 Å². The van der Waals surface area contributed by atoms with Crippen molar-refractivity contribution in [3.8, 4) is 0 Å². The number of ketones is 1. The van der Waals surface area contributed by atoms with Crippen LogP contribution in [0.4, 0.5) is 0 Å². The largest absolute Gasteiger partial charge is 0.457 e. The van der Waals surface area contributed by atoms with Crippen LogP contribution in [0, 0.1) is 11.8 Å². The number of carbonyl (C=O) groups is 2. The number of rotatable bonds is 4. The Bertz CT molecular complexity index is 608. The van der Waals surface area contributed by atoms with E-state index in [-0.39, 0.29) is 17.9 Å². The van der Waals surface area contributed by atoms with E-state index in [2.05, 4.69) is 0 Å². The van der Waals surface area contributed by atoms with Crippen molar-refractivity contribution < 1.29 is 19.1 Å². The highest BCUT2D eigenvalue weighted by Gasteiger charge is 2.67. The van der Waals surface area contributed by atoms with E-state index in [4.69, 9.17) is 9.47 Å². The molecule has 5 rings (SSSR count). The van der Waals surface area contributed by atoms with Crippen molar-refractivity contribution in [3.63, 3.8) is 0 Å². The van der Waals surface area contributed by atoms with E-state index in [0.717, 1.165) is 6.42 Å². The molecule has 1 aromatic rings. The summed E-state index contributed by atoms with van der Waals surface area (Å²) in [5.74, 6) is 0.678. The van der Waals surface area contributed by atoms with Gasteiger partial charge in [-0.2, -0.15) is 0 Å². The molecule has 4 bridgehead atoms. The van der Waals surface area contributed by atoms with Gasteiger partial charge in [-0.05, 0) is 25.5 Å². The van der Waals surface area contributed by atoms with E-state index in [1.807, 2.05) is 11.8 Å². The maximum absolute atomic E-state index is 12.3.